The van der Waals surface area contributed by atoms with E-state index >= 15 is 0 Å². The number of carbonyl (C=O) groups excluding carboxylic acids is 3. The molecule has 0 aromatic carbocycles. The maximum absolute atomic E-state index is 12.9. The second kappa shape index (κ2) is 66.8. The molecule has 1 unspecified atom stereocenters. The second-order valence-electron chi connectivity index (χ2n) is 22.3. The van der Waals surface area contributed by atoms with Gasteiger partial charge < -0.3 is 14.2 Å². The fourth-order valence-corrected chi connectivity index (χ4v) is 9.50. The monoisotopic (exact) mass is 1100 g/mol. The average Bonchev–Trinajstić information content (AvgIpc) is 3.45. The first-order valence-corrected chi connectivity index (χ1v) is 33.7. The molecule has 0 aromatic heterocycles. The molecule has 0 bridgehead atoms. The summed E-state index contributed by atoms with van der Waals surface area (Å²) in [6, 6.07) is 0. The molecule has 0 aliphatic rings. The number of esters is 3. The van der Waals surface area contributed by atoms with Gasteiger partial charge in [-0.2, -0.15) is 0 Å². The minimum Gasteiger partial charge on any atom is -0.462 e. The summed E-state index contributed by atoms with van der Waals surface area (Å²) in [5, 5.41) is 0. The van der Waals surface area contributed by atoms with E-state index in [0.717, 1.165) is 116 Å². The third-order valence-corrected chi connectivity index (χ3v) is 14.5. The van der Waals surface area contributed by atoms with Crippen molar-refractivity contribution >= 4 is 17.9 Å². The first-order valence-electron chi connectivity index (χ1n) is 33.7. The summed E-state index contributed by atoms with van der Waals surface area (Å²) in [7, 11) is 0. The van der Waals surface area contributed by atoms with Crippen molar-refractivity contribution < 1.29 is 28.6 Å². The van der Waals surface area contributed by atoms with Crippen molar-refractivity contribution in [2.45, 2.75) is 335 Å². The number of carbonyl (C=O) groups is 3. The Hall–Kier alpha value is -3.67. The highest BCUT2D eigenvalue weighted by Gasteiger charge is 2.19. The minimum absolute atomic E-state index is 0.0874. The van der Waals surface area contributed by atoms with Gasteiger partial charge in [-0.3, -0.25) is 14.4 Å². The lowest BCUT2D eigenvalue weighted by Crippen LogP contribution is -2.30. The van der Waals surface area contributed by atoms with Crippen molar-refractivity contribution in [3.8, 4) is 0 Å². The molecule has 0 radical (unpaired) electrons. The van der Waals surface area contributed by atoms with Gasteiger partial charge in [0.25, 0.3) is 0 Å². The molecule has 0 aliphatic carbocycles. The third-order valence-electron chi connectivity index (χ3n) is 14.5. The Morgan fingerprint density at radius 1 is 0.266 bits per heavy atom. The number of allylic oxidation sites excluding steroid dienone is 16. The zero-order valence-corrected chi connectivity index (χ0v) is 52.1. The first-order chi connectivity index (χ1) is 39.0. The van der Waals surface area contributed by atoms with E-state index in [1.54, 1.807) is 0 Å². The van der Waals surface area contributed by atoms with Crippen LogP contribution in [0.1, 0.15) is 329 Å². The van der Waals surface area contributed by atoms with Crippen LogP contribution in [0.4, 0.5) is 0 Å². The van der Waals surface area contributed by atoms with Crippen molar-refractivity contribution in [2.75, 3.05) is 13.2 Å². The number of rotatable bonds is 61. The molecular formula is C73H126O6. The Balaban J connectivity index is 4.40. The van der Waals surface area contributed by atoms with Crippen molar-refractivity contribution in [3.63, 3.8) is 0 Å². The maximum atomic E-state index is 12.9. The summed E-state index contributed by atoms with van der Waals surface area (Å²) in [5.41, 5.74) is 0. The molecule has 0 heterocycles. The molecule has 0 amide bonds. The number of unbranched alkanes of at least 4 members (excludes halogenated alkanes) is 34. The van der Waals surface area contributed by atoms with Crippen LogP contribution in [0.15, 0.2) is 97.2 Å². The van der Waals surface area contributed by atoms with Crippen LogP contribution in [-0.2, 0) is 28.6 Å². The summed E-state index contributed by atoms with van der Waals surface area (Å²) in [6.07, 6.45) is 89.8. The zero-order valence-electron chi connectivity index (χ0n) is 52.1. The molecule has 79 heavy (non-hydrogen) atoms. The van der Waals surface area contributed by atoms with E-state index in [4.69, 9.17) is 14.2 Å². The lowest BCUT2D eigenvalue weighted by Gasteiger charge is -2.18. The average molecular weight is 1100 g/mol. The smallest absolute Gasteiger partial charge is 0.306 e. The fraction of sp³-hybridized carbons (Fsp3) is 0.740. The SMILES string of the molecule is CC/C=C\C/C=C\C/C=C\C/C=C\CCCCCCCCC(=O)OC(COC(=O)CCCCCCCC/C=C\C/C=C\C/C=C\CCCCC)COC(=O)CCCCCCCCCCCCC/C=C\CCCCCCCCCC. The molecule has 1 atom stereocenters. The summed E-state index contributed by atoms with van der Waals surface area (Å²) >= 11 is 0. The van der Waals surface area contributed by atoms with Crippen molar-refractivity contribution in [3.05, 3.63) is 97.2 Å². The van der Waals surface area contributed by atoms with E-state index in [2.05, 4.69) is 118 Å². The highest BCUT2D eigenvalue weighted by Crippen LogP contribution is 2.16. The molecule has 0 N–H and O–H groups in total. The maximum Gasteiger partial charge on any atom is 0.306 e. The molecule has 0 spiro atoms. The lowest BCUT2D eigenvalue weighted by molar-refractivity contribution is -0.167. The lowest BCUT2D eigenvalue weighted by atomic mass is 10.0. The molecule has 454 valence electrons. The summed E-state index contributed by atoms with van der Waals surface area (Å²) in [5.74, 6) is -0.903. The van der Waals surface area contributed by atoms with E-state index in [-0.39, 0.29) is 31.1 Å². The molecule has 0 aliphatic heterocycles. The standard InChI is InChI=1S/C73H126O6/c1-4-7-10-13-16-19-22-25-28-31-34-35-36-37-40-42-45-48-51-54-57-60-63-66-72(75)78-69-70(79-73(76)67-64-61-58-55-52-49-46-43-39-33-30-27-24-21-18-15-12-9-6-3)68-77-71(74)65-62-59-56-53-50-47-44-41-38-32-29-26-23-20-17-14-11-8-5-2/h9,12,17-18,20-21,26-27,29-31,34,38-39,41,43,70H,4-8,10-11,13-16,19,22-25,28,32-33,35-37,40,42,44-69H2,1-3H3/b12-9-,20-17-,21-18-,29-26-,30-27-,34-31-,41-38-,43-39-. The zero-order chi connectivity index (χ0) is 57.1. The predicted octanol–water partition coefficient (Wildman–Crippen LogP) is 23.2. The van der Waals surface area contributed by atoms with Gasteiger partial charge in [0.1, 0.15) is 13.2 Å². The van der Waals surface area contributed by atoms with Gasteiger partial charge in [-0.15, -0.1) is 0 Å². The van der Waals surface area contributed by atoms with Gasteiger partial charge in [0, 0.05) is 19.3 Å². The molecule has 0 saturated carbocycles. The largest absolute Gasteiger partial charge is 0.462 e. The molecule has 0 fully saturated rings. The Morgan fingerprint density at radius 3 is 0.810 bits per heavy atom. The molecule has 6 nitrogen and oxygen atoms in total. The van der Waals surface area contributed by atoms with E-state index in [1.165, 1.54) is 173 Å². The van der Waals surface area contributed by atoms with E-state index < -0.39 is 6.10 Å². The Kier molecular flexibility index (Phi) is 63.7. The van der Waals surface area contributed by atoms with Crippen LogP contribution in [0.2, 0.25) is 0 Å². The van der Waals surface area contributed by atoms with Gasteiger partial charge in [0.15, 0.2) is 6.10 Å². The molecule has 0 saturated heterocycles. The van der Waals surface area contributed by atoms with Gasteiger partial charge in [-0.25, -0.2) is 0 Å². The first kappa shape index (κ1) is 75.3. The Morgan fingerprint density at radius 2 is 0.494 bits per heavy atom. The highest BCUT2D eigenvalue weighted by atomic mass is 16.6. The van der Waals surface area contributed by atoms with Crippen LogP contribution in [-0.4, -0.2) is 37.2 Å². The number of hydrogen-bond acceptors (Lipinski definition) is 6. The van der Waals surface area contributed by atoms with Crippen LogP contribution in [0.5, 0.6) is 0 Å². The summed E-state index contributed by atoms with van der Waals surface area (Å²) in [4.78, 5) is 38.4. The quantitative estimate of drug-likeness (QED) is 0.0261. The minimum atomic E-state index is -0.794. The van der Waals surface area contributed by atoms with Gasteiger partial charge in [-0.05, 0) is 122 Å². The second-order valence-corrected chi connectivity index (χ2v) is 22.3. The Labute approximate surface area is 489 Å². The predicted molar refractivity (Wildman–Crippen MR) is 344 cm³/mol. The van der Waals surface area contributed by atoms with Gasteiger partial charge in [0.2, 0.25) is 0 Å². The van der Waals surface area contributed by atoms with Gasteiger partial charge >= 0.3 is 17.9 Å². The molecule has 6 heteroatoms. The normalized spacial score (nSPS) is 12.7. The van der Waals surface area contributed by atoms with Crippen molar-refractivity contribution in [1.29, 1.82) is 0 Å². The Bertz CT molecular complexity index is 1540. The van der Waals surface area contributed by atoms with Crippen LogP contribution >= 0.6 is 0 Å². The van der Waals surface area contributed by atoms with Crippen molar-refractivity contribution in [1.82, 2.24) is 0 Å². The van der Waals surface area contributed by atoms with E-state index in [1.807, 2.05) is 0 Å². The van der Waals surface area contributed by atoms with E-state index in [0.29, 0.717) is 19.3 Å². The van der Waals surface area contributed by atoms with Gasteiger partial charge in [0.05, 0.1) is 0 Å². The molecular weight excluding hydrogens is 973 g/mol. The number of hydrogen-bond donors (Lipinski definition) is 0. The van der Waals surface area contributed by atoms with Crippen molar-refractivity contribution in [2.24, 2.45) is 0 Å². The fourth-order valence-electron chi connectivity index (χ4n) is 9.50. The summed E-state index contributed by atoms with van der Waals surface area (Å²) < 4.78 is 17.0. The van der Waals surface area contributed by atoms with E-state index in [9.17, 15) is 14.4 Å². The van der Waals surface area contributed by atoms with Gasteiger partial charge in [-0.1, -0.05) is 285 Å². The van der Waals surface area contributed by atoms with Crippen LogP contribution in [0.3, 0.4) is 0 Å². The highest BCUT2D eigenvalue weighted by molar-refractivity contribution is 5.71. The topological polar surface area (TPSA) is 78.9 Å². The van der Waals surface area contributed by atoms with Crippen LogP contribution in [0, 0.1) is 0 Å². The third kappa shape index (κ3) is 65.0. The number of ether oxygens (including phenoxy) is 3. The molecule has 0 rings (SSSR count). The van der Waals surface area contributed by atoms with Crippen LogP contribution < -0.4 is 0 Å². The molecule has 0 aromatic rings. The summed E-state index contributed by atoms with van der Waals surface area (Å²) in [6.45, 7) is 6.51. The van der Waals surface area contributed by atoms with Crippen LogP contribution in [0.25, 0.3) is 0 Å².